The van der Waals surface area contributed by atoms with E-state index in [2.05, 4.69) is 24.3 Å². The number of aryl methyl sites for hydroxylation is 1. The third kappa shape index (κ3) is 6.35. The largest absolute Gasteiger partial charge is 0.493 e. The molecule has 31 heavy (non-hydrogen) atoms. The van der Waals surface area contributed by atoms with Gasteiger partial charge >= 0.3 is 0 Å². The van der Waals surface area contributed by atoms with Crippen LogP contribution in [0.25, 0.3) is 5.69 Å². The van der Waals surface area contributed by atoms with Gasteiger partial charge in [0.1, 0.15) is 0 Å². The molecule has 0 saturated heterocycles. The molecule has 1 amide bonds. The number of nitrogens with zero attached hydrogens (tertiary/aromatic N) is 2. The number of aromatic nitrogens is 2. The normalized spacial score (nSPS) is 11.9. The summed E-state index contributed by atoms with van der Waals surface area (Å²) in [6.07, 6.45) is 4.81. The minimum absolute atomic E-state index is 0.000868. The van der Waals surface area contributed by atoms with Gasteiger partial charge in [-0.05, 0) is 54.7 Å². The van der Waals surface area contributed by atoms with Crippen LogP contribution in [-0.2, 0) is 11.2 Å². The topological polar surface area (TPSA) is 65.4 Å². The molecule has 1 N–H and O–H groups in total. The van der Waals surface area contributed by atoms with E-state index in [0.29, 0.717) is 36.9 Å². The van der Waals surface area contributed by atoms with Crippen LogP contribution in [0.3, 0.4) is 0 Å². The first-order chi connectivity index (χ1) is 15.0. The van der Waals surface area contributed by atoms with E-state index >= 15 is 0 Å². The average Bonchev–Trinajstić information content (AvgIpc) is 3.26. The molecule has 2 aromatic carbocycles. The number of carbonyl (C=O) groups excluding carboxylic acids is 1. The molecule has 0 spiro atoms. The van der Waals surface area contributed by atoms with E-state index in [1.54, 1.807) is 7.11 Å². The summed E-state index contributed by atoms with van der Waals surface area (Å²) in [5.41, 5.74) is 3.00. The van der Waals surface area contributed by atoms with Gasteiger partial charge in [0.25, 0.3) is 0 Å². The van der Waals surface area contributed by atoms with Crippen molar-refractivity contribution in [2.75, 3.05) is 13.7 Å². The van der Waals surface area contributed by atoms with Gasteiger partial charge in [0.05, 0.1) is 31.6 Å². The second kappa shape index (κ2) is 10.7. The third-order valence-electron chi connectivity index (χ3n) is 4.93. The second-order valence-corrected chi connectivity index (χ2v) is 8.03. The highest BCUT2D eigenvalue weighted by molar-refractivity contribution is 5.76. The smallest absolute Gasteiger partial charge is 0.220 e. The van der Waals surface area contributed by atoms with Gasteiger partial charge in [-0.3, -0.25) is 4.79 Å². The van der Waals surface area contributed by atoms with Crippen LogP contribution in [0.1, 0.15) is 44.4 Å². The fraction of sp³-hybridized carbons (Fsp3) is 0.360. The predicted octanol–water partition coefficient (Wildman–Crippen LogP) is 4.73. The lowest BCUT2D eigenvalue weighted by Gasteiger charge is -2.17. The number of methoxy groups -OCH3 is 1. The number of hydrogen-bond donors (Lipinski definition) is 1. The molecule has 1 heterocycles. The minimum atomic E-state index is -0.132. The lowest BCUT2D eigenvalue weighted by molar-refractivity contribution is -0.121. The van der Waals surface area contributed by atoms with E-state index in [9.17, 15) is 4.79 Å². The van der Waals surface area contributed by atoms with Crippen molar-refractivity contribution in [1.29, 1.82) is 0 Å². The first-order valence-corrected chi connectivity index (χ1v) is 10.7. The van der Waals surface area contributed by atoms with Gasteiger partial charge in [0.15, 0.2) is 11.5 Å². The van der Waals surface area contributed by atoms with Crippen LogP contribution >= 0.6 is 0 Å². The maximum atomic E-state index is 12.5. The summed E-state index contributed by atoms with van der Waals surface area (Å²) in [4.78, 5) is 12.5. The number of para-hydroxylation sites is 1. The molecule has 3 rings (SSSR count). The minimum Gasteiger partial charge on any atom is -0.493 e. The van der Waals surface area contributed by atoms with E-state index in [1.807, 2.05) is 72.5 Å². The SMILES string of the molecule is COc1cc(C(C)NC(=O)CCc2cnn(-c3ccccc3)c2)ccc1OCC(C)C. The number of carbonyl (C=O) groups is 1. The lowest BCUT2D eigenvalue weighted by Crippen LogP contribution is -2.26. The van der Waals surface area contributed by atoms with E-state index in [-0.39, 0.29) is 11.9 Å². The van der Waals surface area contributed by atoms with Crippen molar-refractivity contribution in [3.05, 3.63) is 72.1 Å². The highest BCUT2D eigenvalue weighted by atomic mass is 16.5. The monoisotopic (exact) mass is 421 g/mol. The standard InChI is InChI=1S/C25H31N3O3/c1-18(2)17-31-23-12-11-21(14-24(23)30-4)19(3)27-25(29)13-10-20-15-26-28(16-20)22-8-6-5-7-9-22/h5-9,11-12,14-16,18-19H,10,13,17H2,1-4H3,(H,27,29). The molecule has 0 aliphatic rings. The van der Waals surface area contributed by atoms with Crippen molar-refractivity contribution in [2.45, 2.75) is 39.7 Å². The Kier molecular flexibility index (Phi) is 7.70. The van der Waals surface area contributed by atoms with Crippen LogP contribution in [0.2, 0.25) is 0 Å². The number of hydrogen-bond acceptors (Lipinski definition) is 4. The summed E-state index contributed by atoms with van der Waals surface area (Å²) in [5.74, 6) is 1.82. The quantitative estimate of drug-likeness (QED) is 0.514. The Morgan fingerprint density at radius 3 is 2.58 bits per heavy atom. The summed E-state index contributed by atoms with van der Waals surface area (Å²) >= 11 is 0. The summed E-state index contributed by atoms with van der Waals surface area (Å²) in [6.45, 7) is 6.80. The molecule has 0 fully saturated rings. The number of benzene rings is 2. The van der Waals surface area contributed by atoms with E-state index in [0.717, 1.165) is 16.8 Å². The fourth-order valence-electron chi connectivity index (χ4n) is 3.20. The molecule has 1 unspecified atom stereocenters. The Bertz CT molecular complexity index is 983. The van der Waals surface area contributed by atoms with Gasteiger partial charge in [0, 0.05) is 12.6 Å². The Balaban J connectivity index is 1.54. The molecule has 164 valence electrons. The zero-order valence-corrected chi connectivity index (χ0v) is 18.7. The van der Waals surface area contributed by atoms with Gasteiger partial charge in [-0.25, -0.2) is 4.68 Å². The van der Waals surface area contributed by atoms with Crippen molar-refractivity contribution < 1.29 is 14.3 Å². The zero-order chi connectivity index (χ0) is 22.2. The van der Waals surface area contributed by atoms with Crippen LogP contribution in [0, 0.1) is 5.92 Å². The predicted molar refractivity (Wildman–Crippen MR) is 122 cm³/mol. The highest BCUT2D eigenvalue weighted by Gasteiger charge is 2.14. The highest BCUT2D eigenvalue weighted by Crippen LogP contribution is 2.30. The Morgan fingerprint density at radius 2 is 1.87 bits per heavy atom. The molecular weight excluding hydrogens is 390 g/mol. The summed E-state index contributed by atoms with van der Waals surface area (Å²) in [6, 6.07) is 15.6. The summed E-state index contributed by atoms with van der Waals surface area (Å²) < 4.78 is 13.1. The number of nitrogens with one attached hydrogen (secondary N) is 1. The Morgan fingerprint density at radius 1 is 1.10 bits per heavy atom. The van der Waals surface area contributed by atoms with Gasteiger partial charge in [-0.1, -0.05) is 38.1 Å². The summed E-state index contributed by atoms with van der Waals surface area (Å²) in [5, 5.41) is 7.45. The molecule has 0 saturated carbocycles. The lowest BCUT2D eigenvalue weighted by atomic mass is 10.1. The van der Waals surface area contributed by atoms with Crippen molar-refractivity contribution in [1.82, 2.24) is 15.1 Å². The fourth-order valence-corrected chi connectivity index (χ4v) is 3.20. The van der Waals surface area contributed by atoms with Gasteiger partial charge in [-0.2, -0.15) is 5.10 Å². The van der Waals surface area contributed by atoms with Crippen LogP contribution in [0.15, 0.2) is 60.9 Å². The van der Waals surface area contributed by atoms with E-state index in [1.165, 1.54) is 0 Å². The van der Waals surface area contributed by atoms with Crippen LogP contribution in [-0.4, -0.2) is 29.4 Å². The van der Waals surface area contributed by atoms with Crippen molar-refractivity contribution >= 4 is 5.91 Å². The first-order valence-electron chi connectivity index (χ1n) is 10.7. The Labute approximate surface area is 184 Å². The number of amides is 1. The average molecular weight is 422 g/mol. The molecule has 0 aliphatic carbocycles. The summed E-state index contributed by atoms with van der Waals surface area (Å²) in [7, 11) is 1.63. The van der Waals surface area contributed by atoms with Gasteiger partial charge in [-0.15, -0.1) is 0 Å². The first kappa shape index (κ1) is 22.4. The van der Waals surface area contributed by atoms with Crippen molar-refractivity contribution in [3.63, 3.8) is 0 Å². The van der Waals surface area contributed by atoms with E-state index in [4.69, 9.17) is 9.47 Å². The van der Waals surface area contributed by atoms with Crippen LogP contribution < -0.4 is 14.8 Å². The second-order valence-electron chi connectivity index (χ2n) is 8.03. The van der Waals surface area contributed by atoms with Crippen molar-refractivity contribution in [3.8, 4) is 17.2 Å². The maximum absolute atomic E-state index is 12.5. The van der Waals surface area contributed by atoms with Crippen molar-refractivity contribution in [2.24, 2.45) is 5.92 Å². The van der Waals surface area contributed by atoms with Gasteiger partial charge in [0.2, 0.25) is 5.91 Å². The van der Waals surface area contributed by atoms with Gasteiger partial charge < -0.3 is 14.8 Å². The van der Waals surface area contributed by atoms with Crippen LogP contribution in [0.5, 0.6) is 11.5 Å². The number of rotatable bonds is 10. The maximum Gasteiger partial charge on any atom is 0.220 e. The number of ether oxygens (including phenoxy) is 2. The molecule has 0 aliphatic heterocycles. The molecule has 1 aromatic heterocycles. The molecule has 3 aromatic rings. The molecule has 1 atom stereocenters. The van der Waals surface area contributed by atoms with Crippen LogP contribution in [0.4, 0.5) is 0 Å². The third-order valence-corrected chi connectivity index (χ3v) is 4.93. The molecule has 6 heteroatoms. The molecule has 0 radical (unpaired) electrons. The Hall–Kier alpha value is -3.28. The molecule has 0 bridgehead atoms. The molecular formula is C25H31N3O3. The molecule has 6 nitrogen and oxygen atoms in total. The zero-order valence-electron chi connectivity index (χ0n) is 18.7. The van der Waals surface area contributed by atoms with E-state index < -0.39 is 0 Å².